The van der Waals surface area contributed by atoms with Gasteiger partial charge in [0.25, 0.3) is 0 Å². The van der Waals surface area contributed by atoms with Crippen LogP contribution in [0, 0.1) is 6.92 Å². The first-order chi connectivity index (χ1) is 5.65. The molecule has 0 saturated heterocycles. The lowest BCUT2D eigenvalue weighted by Crippen LogP contribution is -2.12. The van der Waals surface area contributed by atoms with Crippen molar-refractivity contribution in [1.29, 1.82) is 0 Å². The lowest BCUT2D eigenvalue weighted by atomic mass is 10.2. The van der Waals surface area contributed by atoms with Crippen LogP contribution in [0.5, 0.6) is 0 Å². The number of nitrogens with zero attached hydrogens (tertiary/aromatic N) is 1. The summed E-state index contributed by atoms with van der Waals surface area (Å²) >= 11 is 5.75. The van der Waals surface area contributed by atoms with E-state index in [2.05, 4.69) is 4.98 Å². The van der Waals surface area contributed by atoms with E-state index in [9.17, 15) is 5.11 Å². The van der Waals surface area contributed by atoms with Gasteiger partial charge >= 0.3 is 0 Å². The normalized spacial score (nSPS) is 13.0. The summed E-state index contributed by atoms with van der Waals surface area (Å²) in [6.07, 6.45) is 0.825. The minimum Gasteiger partial charge on any atom is -0.385 e. The van der Waals surface area contributed by atoms with Crippen LogP contribution in [0.25, 0.3) is 0 Å². The first-order valence-corrected chi connectivity index (χ1v) is 4.03. The molecular formula is C8H11ClN2O. The third-order valence-corrected chi connectivity index (χ3v) is 2.03. The largest absolute Gasteiger partial charge is 0.385 e. The Labute approximate surface area is 76.2 Å². The molecule has 0 bridgehead atoms. The number of nitrogens with two attached hydrogens (primary N) is 1. The van der Waals surface area contributed by atoms with Crippen LogP contribution in [-0.2, 0) is 0 Å². The van der Waals surface area contributed by atoms with Gasteiger partial charge in [-0.1, -0.05) is 11.6 Å². The lowest BCUT2D eigenvalue weighted by molar-refractivity contribution is 0.182. The van der Waals surface area contributed by atoms with Gasteiger partial charge in [-0.15, -0.1) is 0 Å². The van der Waals surface area contributed by atoms with E-state index in [1.165, 1.54) is 6.20 Å². The highest BCUT2D eigenvalue weighted by Crippen LogP contribution is 2.17. The number of aromatic nitrogens is 1. The molecule has 0 aliphatic rings. The number of hydrogen-bond acceptors (Lipinski definition) is 3. The van der Waals surface area contributed by atoms with Crippen molar-refractivity contribution >= 4 is 11.6 Å². The molecule has 12 heavy (non-hydrogen) atoms. The second kappa shape index (κ2) is 3.85. The second-order valence-electron chi connectivity index (χ2n) is 2.61. The summed E-state index contributed by atoms with van der Waals surface area (Å²) in [5.74, 6) is 0. The van der Waals surface area contributed by atoms with Crippen LogP contribution in [0.4, 0.5) is 0 Å². The highest BCUT2D eigenvalue weighted by Gasteiger charge is 2.07. The standard InChI is InChI=1S/C8H11ClN2O/c1-5-2-7(8(12)3-10)11-4-6(5)9/h2,4,8,12H,3,10H2,1H3. The second-order valence-corrected chi connectivity index (χ2v) is 3.02. The number of aryl methyl sites for hydroxylation is 1. The van der Waals surface area contributed by atoms with Crippen molar-refractivity contribution in [2.75, 3.05) is 6.54 Å². The molecular weight excluding hydrogens is 176 g/mol. The molecule has 0 spiro atoms. The van der Waals surface area contributed by atoms with E-state index in [0.29, 0.717) is 10.7 Å². The van der Waals surface area contributed by atoms with Crippen molar-refractivity contribution in [1.82, 2.24) is 4.98 Å². The average molecular weight is 187 g/mol. The Morgan fingerprint density at radius 2 is 2.42 bits per heavy atom. The van der Waals surface area contributed by atoms with Crippen LogP contribution in [0.3, 0.4) is 0 Å². The third-order valence-electron chi connectivity index (χ3n) is 1.63. The minimum atomic E-state index is -0.694. The summed E-state index contributed by atoms with van der Waals surface area (Å²) in [4.78, 5) is 3.95. The van der Waals surface area contributed by atoms with E-state index in [4.69, 9.17) is 17.3 Å². The number of halogens is 1. The van der Waals surface area contributed by atoms with Crippen molar-refractivity contribution in [3.8, 4) is 0 Å². The van der Waals surface area contributed by atoms with Gasteiger partial charge in [0, 0.05) is 12.7 Å². The molecule has 1 atom stereocenters. The summed E-state index contributed by atoms with van der Waals surface area (Å²) in [5.41, 5.74) is 6.74. The SMILES string of the molecule is Cc1cc(C(O)CN)ncc1Cl. The van der Waals surface area contributed by atoms with Crippen LogP contribution in [-0.4, -0.2) is 16.6 Å². The van der Waals surface area contributed by atoms with Crippen LogP contribution in [0.2, 0.25) is 5.02 Å². The molecule has 0 aliphatic carbocycles. The van der Waals surface area contributed by atoms with Crippen molar-refractivity contribution in [3.05, 3.63) is 28.5 Å². The van der Waals surface area contributed by atoms with Crippen molar-refractivity contribution in [3.63, 3.8) is 0 Å². The van der Waals surface area contributed by atoms with Gasteiger partial charge in [-0.2, -0.15) is 0 Å². The molecule has 4 heteroatoms. The first-order valence-electron chi connectivity index (χ1n) is 3.65. The molecule has 1 aromatic heterocycles. The monoisotopic (exact) mass is 186 g/mol. The van der Waals surface area contributed by atoms with Gasteiger partial charge in [0.15, 0.2) is 0 Å². The number of hydrogen-bond donors (Lipinski definition) is 2. The average Bonchev–Trinajstić information content (AvgIpc) is 2.08. The van der Waals surface area contributed by atoms with Gasteiger partial charge in [-0.25, -0.2) is 0 Å². The molecule has 0 fully saturated rings. The Morgan fingerprint density at radius 1 is 1.75 bits per heavy atom. The molecule has 0 amide bonds. The summed E-state index contributed by atoms with van der Waals surface area (Å²) in [6.45, 7) is 2.03. The quantitative estimate of drug-likeness (QED) is 0.726. The Hall–Kier alpha value is -0.640. The Bertz CT molecular complexity index is 278. The zero-order valence-electron chi connectivity index (χ0n) is 6.79. The zero-order chi connectivity index (χ0) is 9.14. The molecule has 1 heterocycles. The van der Waals surface area contributed by atoms with Gasteiger partial charge in [0.2, 0.25) is 0 Å². The van der Waals surface area contributed by atoms with Crippen molar-refractivity contribution < 1.29 is 5.11 Å². The molecule has 0 saturated carbocycles. The molecule has 1 aromatic rings. The van der Waals surface area contributed by atoms with Gasteiger partial charge < -0.3 is 10.8 Å². The van der Waals surface area contributed by atoms with Gasteiger partial charge in [0.05, 0.1) is 10.7 Å². The number of aliphatic hydroxyl groups excluding tert-OH is 1. The van der Waals surface area contributed by atoms with E-state index in [1.807, 2.05) is 6.92 Å². The minimum absolute atomic E-state index is 0.175. The van der Waals surface area contributed by atoms with E-state index in [1.54, 1.807) is 6.07 Å². The van der Waals surface area contributed by atoms with Crippen molar-refractivity contribution in [2.24, 2.45) is 5.73 Å². The number of rotatable bonds is 2. The molecule has 3 nitrogen and oxygen atoms in total. The van der Waals surface area contributed by atoms with E-state index in [-0.39, 0.29) is 6.54 Å². The third kappa shape index (κ3) is 1.94. The Balaban J connectivity index is 2.96. The summed E-state index contributed by atoms with van der Waals surface area (Å²) in [5, 5.41) is 9.91. The molecule has 3 N–H and O–H groups in total. The van der Waals surface area contributed by atoms with E-state index < -0.39 is 6.10 Å². The summed E-state index contributed by atoms with van der Waals surface area (Å²) < 4.78 is 0. The summed E-state index contributed by atoms with van der Waals surface area (Å²) in [7, 11) is 0. The van der Waals surface area contributed by atoms with Gasteiger partial charge in [-0.05, 0) is 18.6 Å². The Morgan fingerprint density at radius 3 is 2.92 bits per heavy atom. The van der Waals surface area contributed by atoms with Gasteiger partial charge in [0.1, 0.15) is 6.10 Å². The first kappa shape index (κ1) is 9.45. The predicted molar refractivity (Wildman–Crippen MR) is 48.0 cm³/mol. The molecule has 0 radical (unpaired) electrons. The molecule has 1 rings (SSSR count). The number of pyridine rings is 1. The molecule has 66 valence electrons. The smallest absolute Gasteiger partial charge is 0.108 e. The lowest BCUT2D eigenvalue weighted by Gasteiger charge is -2.07. The maximum Gasteiger partial charge on any atom is 0.108 e. The fourth-order valence-electron chi connectivity index (χ4n) is 0.864. The topological polar surface area (TPSA) is 59.1 Å². The fourth-order valence-corrected chi connectivity index (χ4v) is 0.967. The molecule has 1 unspecified atom stereocenters. The van der Waals surface area contributed by atoms with Crippen molar-refractivity contribution in [2.45, 2.75) is 13.0 Å². The van der Waals surface area contributed by atoms with Crippen LogP contribution in [0.1, 0.15) is 17.4 Å². The zero-order valence-corrected chi connectivity index (χ0v) is 7.54. The maximum absolute atomic E-state index is 9.31. The molecule has 0 aromatic carbocycles. The summed E-state index contributed by atoms with van der Waals surface area (Å²) in [6, 6.07) is 1.74. The van der Waals surface area contributed by atoms with Gasteiger partial charge in [-0.3, -0.25) is 4.98 Å². The van der Waals surface area contributed by atoms with E-state index in [0.717, 1.165) is 5.56 Å². The molecule has 0 aliphatic heterocycles. The van der Waals surface area contributed by atoms with Crippen LogP contribution >= 0.6 is 11.6 Å². The van der Waals surface area contributed by atoms with E-state index >= 15 is 0 Å². The predicted octanol–water partition coefficient (Wildman–Crippen LogP) is 1.04. The maximum atomic E-state index is 9.31. The van der Waals surface area contributed by atoms with Crippen LogP contribution in [0.15, 0.2) is 12.3 Å². The Kier molecular flexibility index (Phi) is 3.03. The fraction of sp³-hybridized carbons (Fsp3) is 0.375. The highest BCUT2D eigenvalue weighted by molar-refractivity contribution is 6.31. The highest BCUT2D eigenvalue weighted by atomic mass is 35.5. The van der Waals surface area contributed by atoms with Crippen LogP contribution < -0.4 is 5.73 Å². The number of aliphatic hydroxyl groups is 1.